The molecule has 2 N–H and O–H groups in total. The van der Waals surface area contributed by atoms with Gasteiger partial charge in [-0.1, -0.05) is 26.2 Å². The zero-order valence-electron chi connectivity index (χ0n) is 27.8. The molecule has 46 heavy (non-hydrogen) atoms. The van der Waals surface area contributed by atoms with E-state index in [1.165, 1.54) is 50.3 Å². The molecule has 9 nitrogen and oxygen atoms in total. The molecular formula is C35H52FN3O6S. The number of aliphatic hydroxyl groups is 1. The molecule has 1 aliphatic carbocycles. The average Bonchev–Trinajstić information content (AvgIpc) is 3.03. The van der Waals surface area contributed by atoms with Gasteiger partial charge in [0.25, 0.3) is 15.9 Å². The number of nitrogens with one attached hydrogen (secondary N) is 1. The highest BCUT2D eigenvalue weighted by Crippen LogP contribution is 2.30. The number of hydrogen-bond donors (Lipinski definition) is 2. The van der Waals surface area contributed by atoms with Crippen molar-refractivity contribution in [2.75, 3.05) is 44.6 Å². The van der Waals surface area contributed by atoms with Crippen LogP contribution in [0.2, 0.25) is 0 Å². The first-order valence-electron chi connectivity index (χ1n) is 16.8. The number of sulfonamides is 1. The summed E-state index contributed by atoms with van der Waals surface area (Å²) in [5, 5.41) is 10.2. The van der Waals surface area contributed by atoms with Gasteiger partial charge in [0.05, 0.1) is 35.3 Å². The van der Waals surface area contributed by atoms with Crippen molar-refractivity contribution in [1.82, 2.24) is 9.80 Å². The molecule has 4 rings (SSSR count). The Morgan fingerprint density at radius 1 is 1.02 bits per heavy atom. The molecule has 0 aromatic heterocycles. The number of likely N-dealkylation sites (N-methyl/N-ethyl adjacent to an activating group) is 1. The summed E-state index contributed by atoms with van der Waals surface area (Å²) in [7, 11) is -1.90. The Balaban J connectivity index is 1.62. The van der Waals surface area contributed by atoms with E-state index < -0.39 is 21.9 Å². The lowest BCUT2D eigenvalue weighted by Gasteiger charge is -2.36. The largest absolute Gasteiger partial charge is 0.490 e. The molecule has 2 aliphatic rings. The third-order valence-electron chi connectivity index (χ3n) is 9.21. The van der Waals surface area contributed by atoms with E-state index in [4.69, 9.17) is 9.47 Å². The quantitative estimate of drug-likeness (QED) is 0.343. The highest BCUT2D eigenvalue weighted by molar-refractivity contribution is 7.92. The van der Waals surface area contributed by atoms with Crippen molar-refractivity contribution in [3.8, 4) is 5.75 Å². The fraction of sp³-hybridized carbons (Fsp3) is 0.629. The number of aliphatic hydroxyl groups excluding tert-OH is 1. The summed E-state index contributed by atoms with van der Waals surface area (Å²) in [4.78, 5) is 18.2. The fourth-order valence-electron chi connectivity index (χ4n) is 6.47. The topological polar surface area (TPSA) is 108 Å². The average molecular weight is 662 g/mol. The Kier molecular flexibility index (Phi) is 13.3. The summed E-state index contributed by atoms with van der Waals surface area (Å²) in [6, 6.07) is 8.66. The number of carbonyl (C=O) groups excluding carboxylic acids is 1. The van der Waals surface area contributed by atoms with Crippen LogP contribution in [0.4, 0.5) is 10.1 Å². The van der Waals surface area contributed by atoms with Gasteiger partial charge >= 0.3 is 0 Å². The lowest BCUT2D eigenvalue weighted by atomic mass is 9.89. The minimum absolute atomic E-state index is 0.0434. The molecule has 0 radical (unpaired) electrons. The molecule has 1 amide bonds. The normalized spacial score (nSPS) is 23.3. The first-order valence-corrected chi connectivity index (χ1v) is 18.3. The SMILES string of the molecule is C[C@H](CO)N1C[C@H](C)[C@H](CN(C)CC2CCCCC2)OCCCC[C@H](C)Oc2ccc(NS(=O)(=O)c3ccc(F)cc3)cc2C1=O. The maximum Gasteiger partial charge on any atom is 0.261 e. The van der Waals surface area contributed by atoms with Gasteiger partial charge in [-0.2, -0.15) is 0 Å². The maximum absolute atomic E-state index is 14.3. The monoisotopic (exact) mass is 661 g/mol. The Labute approximate surface area is 274 Å². The number of rotatable bonds is 9. The Morgan fingerprint density at radius 3 is 2.41 bits per heavy atom. The van der Waals surface area contributed by atoms with Crippen LogP contribution in [0, 0.1) is 17.7 Å². The number of nitrogens with zero attached hydrogens (tertiary/aromatic N) is 2. The summed E-state index contributed by atoms with van der Waals surface area (Å²) in [5.41, 5.74) is 0.367. The molecule has 1 fully saturated rings. The third kappa shape index (κ3) is 10.1. The molecule has 1 saturated carbocycles. The smallest absolute Gasteiger partial charge is 0.261 e. The third-order valence-corrected chi connectivity index (χ3v) is 10.6. The van der Waals surface area contributed by atoms with Crippen LogP contribution < -0.4 is 9.46 Å². The number of halogens is 1. The van der Waals surface area contributed by atoms with E-state index in [1.54, 1.807) is 24.0 Å². The zero-order chi connectivity index (χ0) is 33.3. The van der Waals surface area contributed by atoms with Gasteiger partial charge in [-0.25, -0.2) is 12.8 Å². The minimum atomic E-state index is -4.05. The second-order valence-electron chi connectivity index (χ2n) is 13.3. The number of fused-ring (bicyclic) bond motifs is 1. The Hall–Kier alpha value is -2.73. The molecule has 0 spiro atoms. The van der Waals surface area contributed by atoms with Crippen molar-refractivity contribution >= 4 is 21.6 Å². The minimum Gasteiger partial charge on any atom is -0.490 e. The Morgan fingerprint density at radius 2 is 1.72 bits per heavy atom. The van der Waals surface area contributed by atoms with Crippen molar-refractivity contribution in [1.29, 1.82) is 0 Å². The first kappa shape index (κ1) is 36.1. The predicted octanol–water partition coefficient (Wildman–Crippen LogP) is 5.93. The van der Waals surface area contributed by atoms with Crippen molar-refractivity contribution < 1.29 is 32.2 Å². The van der Waals surface area contributed by atoms with Gasteiger partial charge in [0.1, 0.15) is 11.6 Å². The predicted molar refractivity (Wildman–Crippen MR) is 178 cm³/mol. The number of carbonyl (C=O) groups is 1. The maximum atomic E-state index is 14.3. The van der Waals surface area contributed by atoms with Crippen LogP contribution in [0.1, 0.15) is 82.5 Å². The van der Waals surface area contributed by atoms with E-state index in [2.05, 4.69) is 23.6 Å². The summed E-state index contributed by atoms with van der Waals surface area (Å²) in [6.07, 6.45) is 8.68. The van der Waals surface area contributed by atoms with Gasteiger partial charge in [-0.3, -0.25) is 9.52 Å². The van der Waals surface area contributed by atoms with Crippen LogP contribution >= 0.6 is 0 Å². The molecule has 11 heteroatoms. The van der Waals surface area contributed by atoms with Crippen molar-refractivity contribution in [2.24, 2.45) is 11.8 Å². The second-order valence-corrected chi connectivity index (χ2v) is 15.0. The zero-order valence-corrected chi connectivity index (χ0v) is 28.6. The second kappa shape index (κ2) is 16.9. The van der Waals surface area contributed by atoms with E-state index in [0.29, 0.717) is 24.8 Å². The highest BCUT2D eigenvalue weighted by atomic mass is 32.2. The molecular weight excluding hydrogens is 609 g/mol. The van der Waals surface area contributed by atoms with Crippen LogP contribution in [0.25, 0.3) is 0 Å². The van der Waals surface area contributed by atoms with Crippen LogP contribution in [-0.4, -0.2) is 87.4 Å². The Bertz CT molecular complexity index is 1370. The van der Waals surface area contributed by atoms with Crippen molar-refractivity contribution in [3.05, 3.63) is 53.8 Å². The lowest BCUT2D eigenvalue weighted by Crippen LogP contribution is -2.47. The highest BCUT2D eigenvalue weighted by Gasteiger charge is 2.31. The number of anilines is 1. The standard InChI is InChI=1S/C35H52FN3O6S/c1-25-21-39(26(2)24-40)35(41)32-20-30(37-46(42,43)31-16-13-29(36)14-17-31)15-18-33(32)45-27(3)10-8-9-19-44-34(25)23-38(4)22-28-11-6-5-7-12-28/h13-18,20,25-28,34,37,40H,5-12,19,21-24H2,1-4H3/t25-,26+,27-,34-/m0/s1. The summed E-state index contributed by atoms with van der Waals surface area (Å²) >= 11 is 0. The molecule has 1 aliphatic heterocycles. The van der Waals surface area contributed by atoms with E-state index in [-0.39, 0.29) is 46.8 Å². The number of benzene rings is 2. The van der Waals surface area contributed by atoms with Gasteiger partial charge in [-0.05, 0) is 101 Å². The van der Waals surface area contributed by atoms with Crippen LogP contribution in [0.3, 0.4) is 0 Å². The molecule has 2 aromatic rings. The van der Waals surface area contributed by atoms with E-state index in [1.807, 2.05) is 6.92 Å². The van der Waals surface area contributed by atoms with Gasteiger partial charge in [0.2, 0.25) is 0 Å². The van der Waals surface area contributed by atoms with Crippen LogP contribution in [0.5, 0.6) is 5.75 Å². The van der Waals surface area contributed by atoms with Gasteiger partial charge < -0.3 is 24.4 Å². The molecule has 0 saturated heterocycles. The van der Waals surface area contributed by atoms with Gasteiger partial charge in [-0.15, -0.1) is 0 Å². The van der Waals surface area contributed by atoms with E-state index >= 15 is 0 Å². The van der Waals surface area contributed by atoms with E-state index in [0.717, 1.165) is 44.5 Å². The van der Waals surface area contributed by atoms with Gasteiger partial charge in [0.15, 0.2) is 0 Å². The van der Waals surface area contributed by atoms with Crippen LogP contribution in [-0.2, 0) is 14.8 Å². The van der Waals surface area contributed by atoms with Crippen molar-refractivity contribution in [3.63, 3.8) is 0 Å². The molecule has 2 aromatic carbocycles. The molecule has 0 bridgehead atoms. The molecule has 1 heterocycles. The number of amides is 1. The molecule has 4 atom stereocenters. The summed E-state index contributed by atoms with van der Waals surface area (Å²) in [6.45, 7) is 8.32. The molecule has 256 valence electrons. The number of hydrogen-bond acceptors (Lipinski definition) is 7. The van der Waals surface area contributed by atoms with Gasteiger partial charge in [0, 0.05) is 37.8 Å². The fourth-order valence-corrected chi connectivity index (χ4v) is 7.52. The van der Waals surface area contributed by atoms with Crippen LogP contribution in [0.15, 0.2) is 47.4 Å². The van der Waals surface area contributed by atoms with E-state index in [9.17, 15) is 22.7 Å². The lowest BCUT2D eigenvalue weighted by molar-refractivity contribution is -0.0190. The molecule has 0 unspecified atom stereocenters. The summed E-state index contributed by atoms with van der Waals surface area (Å²) < 4.78 is 54.9. The first-order chi connectivity index (χ1) is 22.0. The number of ether oxygens (including phenoxy) is 2. The summed E-state index contributed by atoms with van der Waals surface area (Å²) in [5.74, 6) is 0.0933. The van der Waals surface area contributed by atoms with Crippen molar-refractivity contribution in [2.45, 2.75) is 95.3 Å².